The minimum absolute atomic E-state index is 0.837. The van der Waals surface area contributed by atoms with Gasteiger partial charge in [0.1, 0.15) is 21.0 Å². The number of nitrogens with one attached hydrogen (secondary N) is 2. The van der Waals surface area contributed by atoms with E-state index in [1.54, 1.807) is 17.5 Å². The second kappa shape index (κ2) is 5.46. The molecule has 0 aromatic carbocycles. The number of hydrogen-bond donors (Lipinski definition) is 2. The van der Waals surface area contributed by atoms with Crippen molar-refractivity contribution in [1.82, 2.24) is 29.9 Å². The van der Waals surface area contributed by atoms with Gasteiger partial charge in [-0.25, -0.2) is 19.9 Å². The molecule has 0 amide bonds. The first-order valence-corrected chi connectivity index (χ1v) is 9.30. The van der Waals surface area contributed by atoms with Crippen LogP contribution in [0.5, 0.6) is 0 Å². The molecule has 0 aliphatic rings. The highest BCUT2D eigenvalue weighted by Gasteiger charge is 2.11. The van der Waals surface area contributed by atoms with Gasteiger partial charge in [-0.2, -0.15) is 0 Å². The Morgan fingerprint density at radius 3 is 2.89 bits per heavy atom. The van der Waals surface area contributed by atoms with E-state index in [0.717, 1.165) is 54.4 Å². The van der Waals surface area contributed by atoms with Gasteiger partial charge >= 0.3 is 0 Å². The van der Waals surface area contributed by atoms with Crippen molar-refractivity contribution in [3.8, 4) is 22.0 Å². The molecule has 2 N–H and O–H groups in total. The first-order chi connectivity index (χ1) is 13.3. The zero-order valence-corrected chi connectivity index (χ0v) is 14.8. The summed E-state index contributed by atoms with van der Waals surface area (Å²) in [5.41, 5.74) is 6.56. The molecule has 0 aliphatic heterocycles. The van der Waals surface area contributed by atoms with Crippen molar-refractivity contribution in [3.05, 3.63) is 61.1 Å². The molecule has 7 heteroatoms. The molecule has 0 fully saturated rings. The number of nitrogens with zero attached hydrogens (tertiary/aromatic N) is 4. The fourth-order valence-corrected chi connectivity index (χ4v) is 4.14. The highest BCUT2D eigenvalue weighted by molar-refractivity contribution is 7.21. The molecule has 0 spiro atoms. The van der Waals surface area contributed by atoms with E-state index in [1.807, 2.05) is 42.7 Å². The molecule has 6 heterocycles. The van der Waals surface area contributed by atoms with Crippen molar-refractivity contribution in [2.24, 2.45) is 0 Å². The Hall–Kier alpha value is -3.58. The maximum atomic E-state index is 4.70. The highest BCUT2D eigenvalue weighted by atomic mass is 32.1. The van der Waals surface area contributed by atoms with Gasteiger partial charge in [0.2, 0.25) is 0 Å². The monoisotopic (exact) mass is 368 g/mol. The van der Waals surface area contributed by atoms with E-state index < -0.39 is 0 Å². The van der Waals surface area contributed by atoms with Crippen LogP contribution in [0.4, 0.5) is 0 Å². The second-order valence-corrected chi connectivity index (χ2v) is 7.28. The predicted octanol–water partition coefficient (Wildman–Crippen LogP) is 4.78. The summed E-state index contributed by atoms with van der Waals surface area (Å²) in [5, 5.41) is 1.96. The molecule has 6 rings (SSSR count). The molecular formula is C20H12N6S. The van der Waals surface area contributed by atoms with Crippen LogP contribution in [0.15, 0.2) is 61.1 Å². The number of rotatable bonds is 2. The van der Waals surface area contributed by atoms with Gasteiger partial charge in [-0.05, 0) is 42.5 Å². The molecule has 0 radical (unpaired) electrons. The summed E-state index contributed by atoms with van der Waals surface area (Å²) < 4.78 is 0. The van der Waals surface area contributed by atoms with Gasteiger partial charge in [0.25, 0.3) is 0 Å². The largest absolute Gasteiger partial charge is 0.360 e. The lowest BCUT2D eigenvalue weighted by molar-refractivity contribution is 1.29. The molecule has 6 nitrogen and oxygen atoms in total. The Morgan fingerprint density at radius 2 is 1.93 bits per heavy atom. The van der Waals surface area contributed by atoms with Crippen LogP contribution in [0.25, 0.3) is 54.4 Å². The van der Waals surface area contributed by atoms with E-state index in [-0.39, 0.29) is 0 Å². The van der Waals surface area contributed by atoms with Gasteiger partial charge < -0.3 is 9.97 Å². The Balaban J connectivity index is 1.46. The Kier molecular flexibility index (Phi) is 2.95. The van der Waals surface area contributed by atoms with E-state index in [0.29, 0.717) is 0 Å². The number of H-pyrrole nitrogens is 2. The van der Waals surface area contributed by atoms with Gasteiger partial charge in [0.05, 0.1) is 22.4 Å². The van der Waals surface area contributed by atoms with Gasteiger partial charge in [-0.1, -0.05) is 11.3 Å². The van der Waals surface area contributed by atoms with Crippen molar-refractivity contribution < 1.29 is 0 Å². The first kappa shape index (κ1) is 14.6. The summed E-state index contributed by atoms with van der Waals surface area (Å²) >= 11 is 1.58. The van der Waals surface area contributed by atoms with Crippen LogP contribution in [-0.4, -0.2) is 29.9 Å². The Bertz CT molecular complexity index is 1410. The molecule has 0 saturated carbocycles. The van der Waals surface area contributed by atoms with Gasteiger partial charge in [0, 0.05) is 29.5 Å². The quantitative estimate of drug-likeness (QED) is 0.461. The summed E-state index contributed by atoms with van der Waals surface area (Å²) in [5.74, 6) is 0. The summed E-state index contributed by atoms with van der Waals surface area (Å²) in [6, 6.07) is 14.1. The summed E-state index contributed by atoms with van der Waals surface area (Å²) in [6.07, 6.45) is 5.54. The van der Waals surface area contributed by atoms with Crippen LogP contribution >= 0.6 is 11.3 Å². The van der Waals surface area contributed by atoms with E-state index in [9.17, 15) is 0 Å². The number of pyridine rings is 3. The minimum atomic E-state index is 0.837. The molecule has 0 atom stereocenters. The van der Waals surface area contributed by atoms with Crippen molar-refractivity contribution in [1.29, 1.82) is 0 Å². The van der Waals surface area contributed by atoms with Crippen LogP contribution in [0.3, 0.4) is 0 Å². The lowest BCUT2D eigenvalue weighted by Gasteiger charge is -1.97. The van der Waals surface area contributed by atoms with Gasteiger partial charge in [-0.15, -0.1) is 0 Å². The smallest absolute Gasteiger partial charge is 0.143 e. The first-order valence-electron chi connectivity index (χ1n) is 8.49. The molecule has 6 aromatic heterocycles. The van der Waals surface area contributed by atoms with Crippen molar-refractivity contribution >= 4 is 43.8 Å². The number of thiazole rings is 1. The fraction of sp³-hybridized carbons (Fsp3) is 0. The maximum absolute atomic E-state index is 4.70. The third-order valence-electron chi connectivity index (χ3n) is 4.56. The second-order valence-electron chi connectivity index (χ2n) is 6.30. The predicted molar refractivity (Wildman–Crippen MR) is 108 cm³/mol. The third-order valence-corrected chi connectivity index (χ3v) is 5.59. The molecule has 0 saturated heterocycles. The van der Waals surface area contributed by atoms with Crippen LogP contribution < -0.4 is 0 Å². The average molecular weight is 368 g/mol. The third kappa shape index (κ3) is 2.32. The Labute approximate surface area is 157 Å². The van der Waals surface area contributed by atoms with Crippen LogP contribution in [0.2, 0.25) is 0 Å². The molecule has 6 aromatic rings. The van der Waals surface area contributed by atoms with E-state index in [1.165, 1.54) is 0 Å². The van der Waals surface area contributed by atoms with Gasteiger partial charge in [0.15, 0.2) is 0 Å². The molecule has 27 heavy (non-hydrogen) atoms. The zero-order chi connectivity index (χ0) is 17.8. The number of fused-ring (bicyclic) bond motifs is 3. The number of aromatic amines is 2. The SMILES string of the molecule is c1cnc2sc(-c3cnc4[nH]c(-c5ccc6[nH]ccc6n5)cc4c3)nc2c1. The standard InChI is InChI=1S/C20H12N6S/c1-2-16-20(22-6-1)27-19(26-16)12-8-11-9-17(25-18(11)23-10-12)14-4-3-13-15(24-14)5-7-21-13/h1-10,21H,(H,23,25). The molecule has 0 bridgehead atoms. The van der Waals surface area contributed by atoms with Crippen LogP contribution in [0.1, 0.15) is 0 Å². The zero-order valence-electron chi connectivity index (χ0n) is 14.0. The average Bonchev–Trinajstić information content (AvgIpc) is 3.42. The van der Waals surface area contributed by atoms with Crippen LogP contribution in [-0.2, 0) is 0 Å². The van der Waals surface area contributed by atoms with Gasteiger partial charge in [-0.3, -0.25) is 0 Å². The molecule has 0 unspecified atom stereocenters. The Morgan fingerprint density at radius 1 is 0.926 bits per heavy atom. The minimum Gasteiger partial charge on any atom is -0.360 e. The number of aromatic nitrogens is 6. The van der Waals surface area contributed by atoms with Crippen molar-refractivity contribution in [2.75, 3.05) is 0 Å². The van der Waals surface area contributed by atoms with E-state index >= 15 is 0 Å². The summed E-state index contributed by atoms with van der Waals surface area (Å²) in [4.78, 5) is 25.8. The van der Waals surface area contributed by atoms with E-state index in [4.69, 9.17) is 4.98 Å². The summed E-state index contributed by atoms with van der Waals surface area (Å²) in [6.45, 7) is 0. The normalized spacial score (nSPS) is 11.7. The molecular weight excluding hydrogens is 356 g/mol. The van der Waals surface area contributed by atoms with Crippen LogP contribution in [0, 0.1) is 0 Å². The molecule has 128 valence electrons. The number of hydrogen-bond acceptors (Lipinski definition) is 5. The summed E-state index contributed by atoms with van der Waals surface area (Å²) in [7, 11) is 0. The van der Waals surface area contributed by atoms with E-state index in [2.05, 4.69) is 37.1 Å². The lowest BCUT2D eigenvalue weighted by Crippen LogP contribution is -1.83. The van der Waals surface area contributed by atoms with Crippen molar-refractivity contribution in [3.63, 3.8) is 0 Å². The highest BCUT2D eigenvalue weighted by Crippen LogP contribution is 2.31. The maximum Gasteiger partial charge on any atom is 0.143 e. The van der Waals surface area contributed by atoms with Crippen molar-refractivity contribution in [2.45, 2.75) is 0 Å². The topological polar surface area (TPSA) is 83.1 Å². The lowest BCUT2D eigenvalue weighted by atomic mass is 10.2. The molecule has 0 aliphatic carbocycles. The fourth-order valence-electron chi connectivity index (χ4n) is 3.25.